The molecule has 34 heavy (non-hydrogen) atoms. The van der Waals surface area contributed by atoms with Crippen LogP contribution in [0.25, 0.3) is 0 Å². The van der Waals surface area contributed by atoms with Crippen molar-refractivity contribution in [2.75, 3.05) is 0 Å². The number of rotatable bonds is 8. The van der Waals surface area contributed by atoms with Crippen LogP contribution in [0.3, 0.4) is 0 Å². The third-order valence-electron chi connectivity index (χ3n) is 5.50. The standard InChI is InChI=1S/C29H33FN2O2/c1-21-11-10-14-23(17-21)20-32(27(33)19-24-15-8-9-16-25(24)30)26(28(34)31-29(2,3)4)18-22-12-6-5-7-13-22/h5-17,26H,18-20H2,1-4H3,(H,31,34)/t26-/m0/s1. The number of amides is 2. The molecule has 0 aliphatic heterocycles. The monoisotopic (exact) mass is 460 g/mol. The van der Waals surface area contributed by atoms with Gasteiger partial charge in [-0.1, -0.05) is 78.4 Å². The summed E-state index contributed by atoms with van der Waals surface area (Å²) >= 11 is 0. The van der Waals surface area contributed by atoms with Gasteiger partial charge in [-0.2, -0.15) is 0 Å². The molecule has 0 fully saturated rings. The lowest BCUT2D eigenvalue weighted by Crippen LogP contribution is -2.54. The van der Waals surface area contributed by atoms with E-state index in [0.29, 0.717) is 12.0 Å². The molecule has 0 saturated carbocycles. The van der Waals surface area contributed by atoms with Crippen molar-refractivity contribution in [1.82, 2.24) is 10.2 Å². The van der Waals surface area contributed by atoms with Crippen molar-refractivity contribution in [3.63, 3.8) is 0 Å². The second-order valence-electron chi connectivity index (χ2n) is 9.72. The molecule has 5 heteroatoms. The summed E-state index contributed by atoms with van der Waals surface area (Å²) in [4.78, 5) is 28.7. The molecule has 4 nitrogen and oxygen atoms in total. The van der Waals surface area contributed by atoms with Crippen molar-refractivity contribution in [2.24, 2.45) is 0 Å². The maximum Gasteiger partial charge on any atom is 0.243 e. The van der Waals surface area contributed by atoms with E-state index in [9.17, 15) is 14.0 Å². The first-order chi connectivity index (χ1) is 16.1. The highest BCUT2D eigenvalue weighted by Crippen LogP contribution is 2.19. The molecule has 0 radical (unpaired) electrons. The van der Waals surface area contributed by atoms with Crippen LogP contribution in [0.4, 0.5) is 4.39 Å². The first-order valence-corrected chi connectivity index (χ1v) is 11.6. The molecule has 0 bridgehead atoms. The number of carbonyl (C=O) groups is 2. The zero-order valence-corrected chi connectivity index (χ0v) is 20.3. The van der Waals surface area contributed by atoms with E-state index in [2.05, 4.69) is 5.32 Å². The molecule has 1 N–H and O–H groups in total. The molecule has 178 valence electrons. The minimum absolute atomic E-state index is 0.118. The van der Waals surface area contributed by atoms with Gasteiger partial charge in [-0.25, -0.2) is 4.39 Å². The van der Waals surface area contributed by atoms with Crippen LogP contribution in [-0.4, -0.2) is 28.3 Å². The fourth-order valence-electron chi connectivity index (χ4n) is 3.92. The van der Waals surface area contributed by atoms with Gasteiger partial charge in [0.15, 0.2) is 0 Å². The van der Waals surface area contributed by atoms with Gasteiger partial charge in [0.05, 0.1) is 6.42 Å². The highest BCUT2D eigenvalue weighted by atomic mass is 19.1. The fourth-order valence-corrected chi connectivity index (χ4v) is 3.92. The summed E-state index contributed by atoms with van der Waals surface area (Å²) in [5.74, 6) is -0.951. The number of hydrogen-bond donors (Lipinski definition) is 1. The Hall–Kier alpha value is -3.47. The van der Waals surface area contributed by atoms with Crippen LogP contribution in [0, 0.1) is 12.7 Å². The molecule has 0 aliphatic carbocycles. The van der Waals surface area contributed by atoms with Crippen LogP contribution in [0.5, 0.6) is 0 Å². The minimum atomic E-state index is -0.749. The van der Waals surface area contributed by atoms with E-state index in [0.717, 1.165) is 16.7 Å². The van der Waals surface area contributed by atoms with Crippen LogP contribution in [0.15, 0.2) is 78.9 Å². The molecule has 0 heterocycles. The van der Waals surface area contributed by atoms with E-state index in [4.69, 9.17) is 0 Å². The Morgan fingerprint density at radius 2 is 1.56 bits per heavy atom. The Morgan fingerprint density at radius 3 is 2.21 bits per heavy atom. The van der Waals surface area contributed by atoms with Crippen molar-refractivity contribution >= 4 is 11.8 Å². The maximum absolute atomic E-state index is 14.4. The molecule has 0 aliphatic rings. The van der Waals surface area contributed by atoms with Crippen LogP contribution in [-0.2, 0) is 29.0 Å². The van der Waals surface area contributed by atoms with Crippen molar-refractivity contribution < 1.29 is 14.0 Å². The predicted molar refractivity (Wildman–Crippen MR) is 134 cm³/mol. The van der Waals surface area contributed by atoms with Crippen LogP contribution >= 0.6 is 0 Å². The minimum Gasteiger partial charge on any atom is -0.350 e. The van der Waals surface area contributed by atoms with Gasteiger partial charge < -0.3 is 10.2 Å². The molecular formula is C29H33FN2O2. The van der Waals surface area contributed by atoms with Gasteiger partial charge in [0.25, 0.3) is 0 Å². The highest BCUT2D eigenvalue weighted by molar-refractivity contribution is 5.89. The number of carbonyl (C=O) groups excluding carboxylic acids is 2. The van der Waals surface area contributed by atoms with Gasteiger partial charge in [-0.05, 0) is 50.5 Å². The number of benzene rings is 3. The van der Waals surface area contributed by atoms with Crippen molar-refractivity contribution in [3.05, 3.63) is 107 Å². The molecule has 0 spiro atoms. The number of aryl methyl sites for hydroxylation is 1. The lowest BCUT2D eigenvalue weighted by atomic mass is 9.99. The smallest absolute Gasteiger partial charge is 0.243 e. The quantitative estimate of drug-likeness (QED) is 0.500. The number of nitrogens with one attached hydrogen (secondary N) is 1. The average Bonchev–Trinajstić information content (AvgIpc) is 2.77. The van der Waals surface area contributed by atoms with Crippen LogP contribution in [0.1, 0.15) is 43.0 Å². The summed E-state index contributed by atoms with van der Waals surface area (Å²) in [7, 11) is 0. The maximum atomic E-state index is 14.4. The molecule has 2 amide bonds. The van der Waals surface area contributed by atoms with Gasteiger partial charge in [-0.3, -0.25) is 9.59 Å². The molecule has 0 saturated heterocycles. The van der Waals surface area contributed by atoms with Crippen LogP contribution in [0.2, 0.25) is 0 Å². The second-order valence-corrected chi connectivity index (χ2v) is 9.72. The van der Waals surface area contributed by atoms with Gasteiger partial charge >= 0.3 is 0 Å². The van der Waals surface area contributed by atoms with E-state index in [1.54, 1.807) is 23.1 Å². The van der Waals surface area contributed by atoms with Gasteiger partial charge in [0.2, 0.25) is 11.8 Å². The van der Waals surface area contributed by atoms with Crippen LogP contribution < -0.4 is 5.32 Å². The summed E-state index contributed by atoms with van der Waals surface area (Å²) in [6.45, 7) is 7.98. The Balaban J connectivity index is 2.00. The van der Waals surface area contributed by atoms with Gasteiger partial charge in [0.1, 0.15) is 11.9 Å². The van der Waals surface area contributed by atoms with Crippen molar-refractivity contribution in [2.45, 2.75) is 58.7 Å². The van der Waals surface area contributed by atoms with Crippen molar-refractivity contribution in [1.29, 1.82) is 0 Å². The SMILES string of the molecule is Cc1cccc(CN(C(=O)Cc2ccccc2F)[C@@H](Cc2ccccc2)C(=O)NC(C)(C)C)c1. The molecule has 3 rings (SSSR count). The fraction of sp³-hybridized carbons (Fsp3) is 0.310. The van der Waals surface area contributed by atoms with Gasteiger partial charge in [0, 0.05) is 18.5 Å². The summed E-state index contributed by atoms with van der Waals surface area (Å²) in [6.07, 6.45) is 0.240. The Kier molecular flexibility index (Phi) is 8.21. The van der Waals surface area contributed by atoms with E-state index in [-0.39, 0.29) is 24.8 Å². The lowest BCUT2D eigenvalue weighted by Gasteiger charge is -2.34. The molecule has 3 aromatic carbocycles. The number of halogens is 1. The number of hydrogen-bond acceptors (Lipinski definition) is 2. The Morgan fingerprint density at radius 1 is 0.912 bits per heavy atom. The largest absolute Gasteiger partial charge is 0.350 e. The molecule has 3 aromatic rings. The zero-order valence-electron chi connectivity index (χ0n) is 20.3. The summed E-state index contributed by atoms with van der Waals surface area (Å²) < 4.78 is 14.4. The van der Waals surface area contributed by atoms with E-state index < -0.39 is 17.4 Å². The predicted octanol–water partition coefficient (Wildman–Crippen LogP) is 5.23. The van der Waals surface area contributed by atoms with E-state index in [1.165, 1.54) is 6.07 Å². The summed E-state index contributed by atoms with van der Waals surface area (Å²) in [5.41, 5.74) is 2.79. The Bertz CT molecular complexity index is 1120. The van der Waals surface area contributed by atoms with Crippen molar-refractivity contribution in [3.8, 4) is 0 Å². The Labute approximate surface area is 201 Å². The number of nitrogens with zero attached hydrogens (tertiary/aromatic N) is 1. The second kappa shape index (κ2) is 11.1. The first kappa shape index (κ1) is 25.2. The van der Waals surface area contributed by atoms with E-state index in [1.807, 2.05) is 82.3 Å². The average molecular weight is 461 g/mol. The molecular weight excluding hydrogens is 427 g/mol. The first-order valence-electron chi connectivity index (χ1n) is 11.6. The molecule has 0 aromatic heterocycles. The topological polar surface area (TPSA) is 49.4 Å². The zero-order chi connectivity index (χ0) is 24.7. The third kappa shape index (κ3) is 7.27. The molecule has 1 atom stereocenters. The summed E-state index contributed by atoms with van der Waals surface area (Å²) in [5, 5.41) is 3.04. The highest BCUT2D eigenvalue weighted by Gasteiger charge is 2.32. The van der Waals surface area contributed by atoms with E-state index >= 15 is 0 Å². The third-order valence-corrected chi connectivity index (χ3v) is 5.50. The summed E-state index contributed by atoms with van der Waals surface area (Å²) in [6, 6.07) is 23.0. The molecule has 0 unspecified atom stereocenters. The van der Waals surface area contributed by atoms with Gasteiger partial charge in [-0.15, -0.1) is 0 Å². The normalized spacial score (nSPS) is 12.1. The lowest BCUT2D eigenvalue weighted by molar-refractivity contribution is -0.141.